The van der Waals surface area contributed by atoms with E-state index in [1.807, 2.05) is 0 Å². The molecule has 0 aromatic rings. The van der Waals surface area contributed by atoms with Crippen LogP contribution >= 0.6 is 6.89 Å². The van der Waals surface area contributed by atoms with Gasteiger partial charge in [0.15, 0.2) is 0 Å². The van der Waals surface area contributed by atoms with Crippen LogP contribution < -0.4 is 0 Å². The van der Waals surface area contributed by atoms with Crippen molar-refractivity contribution in [3.05, 3.63) is 0 Å². The molecule has 0 radical (unpaired) electrons. The van der Waals surface area contributed by atoms with Crippen molar-refractivity contribution >= 4 is 12.2 Å². The van der Waals surface area contributed by atoms with Gasteiger partial charge in [-0.2, -0.15) is 0 Å². The minimum atomic E-state index is -0.556. The van der Waals surface area contributed by atoms with Crippen molar-refractivity contribution in [2.45, 2.75) is 33.6 Å². The Labute approximate surface area is 71.4 Å². The second-order valence-corrected chi connectivity index (χ2v) is 9.05. The van der Waals surface area contributed by atoms with Crippen LogP contribution in [0.3, 0.4) is 0 Å². The number of hydrogen-bond acceptors (Lipinski definition) is 0. The van der Waals surface area contributed by atoms with Gasteiger partial charge in [0.1, 0.15) is 0 Å². The lowest BCUT2D eigenvalue weighted by molar-refractivity contribution is 0.534. The highest BCUT2D eigenvalue weighted by Crippen LogP contribution is 2.50. The number of rotatable bonds is 0. The maximum atomic E-state index is 2.54. The molecule has 1 aliphatic heterocycles. The third-order valence-corrected chi connectivity index (χ3v) is 7.96. The zero-order valence-corrected chi connectivity index (χ0v) is 9.25. The van der Waals surface area contributed by atoms with Crippen molar-refractivity contribution in [2.75, 3.05) is 19.0 Å². The van der Waals surface area contributed by atoms with Gasteiger partial charge in [0.05, 0.1) is 0 Å². The molecule has 0 aliphatic carbocycles. The maximum Gasteiger partial charge on any atom is -0.0327 e. The molecule has 0 amide bonds. The molecule has 11 heavy (non-hydrogen) atoms. The van der Waals surface area contributed by atoms with Gasteiger partial charge >= 0.3 is 0 Å². The molecular weight excluding hydrogens is 151 g/mol. The van der Waals surface area contributed by atoms with Gasteiger partial charge in [-0.05, 0) is 51.6 Å². The lowest BCUT2D eigenvalue weighted by Gasteiger charge is -2.31. The highest BCUT2D eigenvalue weighted by molar-refractivity contribution is 7.75. The van der Waals surface area contributed by atoms with Crippen molar-refractivity contribution in [3.8, 4) is 0 Å². The summed E-state index contributed by atoms with van der Waals surface area (Å²) in [7, 11) is 0. The smallest absolute Gasteiger partial charge is 0.0327 e. The first-order valence-electron chi connectivity index (χ1n) is 4.70. The van der Waals surface area contributed by atoms with E-state index in [0.717, 1.165) is 5.92 Å². The lowest BCUT2D eigenvalue weighted by Crippen LogP contribution is -2.13. The third kappa shape index (κ3) is 2.12. The Bertz CT molecular complexity index is 175. The molecule has 1 aliphatic rings. The van der Waals surface area contributed by atoms with E-state index in [-0.39, 0.29) is 0 Å². The van der Waals surface area contributed by atoms with Crippen LogP contribution in [0.25, 0.3) is 0 Å². The summed E-state index contributed by atoms with van der Waals surface area (Å²) < 4.78 is 0. The molecule has 1 heteroatoms. The summed E-state index contributed by atoms with van der Waals surface area (Å²) in [6, 6.07) is 0. The van der Waals surface area contributed by atoms with Crippen molar-refractivity contribution in [3.63, 3.8) is 0 Å². The van der Waals surface area contributed by atoms with Crippen LogP contribution in [0.2, 0.25) is 0 Å². The summed E-state index contributed by atoms with van der Waals surface area (Å²) in [4.78, 5) is 0. The summed E-state index contributed by atoms with van der Waals surface area (Å²) in [5.41, 5.74) is 0. The van der Waals surface area contributed by atoms with Gasteiger partial charge in [0.25, 0.3) is 0 Å². The summed E-state index contributed by atoms with van der Waals surface area (Å²) in [5, 5.41) is 1.74. The fraction of sp³-hybridized carbons (Fsp3) is 0.900. The van der Waals surface area contributed by atoms with Gasteiger partial charge in [-0.1, -0.05) is 12.2 Å². The molecule has 0 saturated carbocycles. The average molecular weight is 172 g/mol. The fourth-order valence-corrected chi connectivity index (χ4v) is 4.85. The van der Waals surface area contributed by atoms with Gasteiger partial charge in [-0.3, -0.25) is 0 Å². The predicted molar refractivity (Wildman–Crippen MR) is 57.3 cm³/mol. The summed E-state index contributed by atoms with van der Waals surface area (Å²) >= 11 is 0. The van der Waals surface area contributed by atoms with Gasteiger partial charge in [-0.15, -0.1) is 6.89 Å². The molecule has 0 spiro atoms. The Kier molecular flexibility index (Phi) is 2.86. The van der Waals surface area contributed by atoms with E-state index in [1.54, 1.807) is 5.29 Å². The molecule has 1 saturated heterocycles. The molecule has 0 aromatic heterocycles. The molecule has 0 N–H and O–H groups in total. The van der Waals surface area contributed by atoms with Crippen LogP contribution in [0.5, 0.6) is 0 Å². The van der Waals surface area contributed by atoms with Gasteiger partial charge in [-0.25, -0.2) is 0 Å². The molecular formula is C10H21P. The van der Waals surface area contributed by atoms with E-state index >= 15 is 0 Å². The molecule has 1 fully saturated rings. The SMILES string of the molecule is CC(C)=P1(C)CCC(C)CC1. The largest absolute Gasteiger partial charge is 0.109 e. The Balaban J connectivity index is 2.71. The lowest BCUT2D eigenvalue weighted by atomic mass is 10.1. The minimum absolute atomic E-state index is 0.556. The van der Waals surface area contributed by atoms with Crippen LogP contribution in [0.1, 0.15) is 33.6 Å². The predicted octanol–water partition coefficient (Wildman–Crippen LogP) is 3.28. The van der Waals surface area contributed by atoms with E-state index < -0.39 is 6.89 Å². The van der Waals surface area contributed by atoms with E-state index in [9.17, 15) is 0 Å². The second kappa shape index (κ2) is 3.35. The normalized spacial score (nSPS) is 38.7. The van der Waals surface area contributed by atoms with E-state index in [2.05, 4.69) is 27.4 Å². The summed E-state index contributed by atoms with van der Waals surface area (Å²) in [5.74, 6) is 1.00. The Morgan fingerprint density at radius 2 is 1.64 bits per heavy atom. The van der Waals surface area contributed by atoms with E-state index in [1.165, 1.54) is 25.2 Å². The van der Waals surface area contributed by atoms with Gasteiger partial charge in [0.2, 0.25) is 0 Å². The molecule has 0 nitrogen and oxygen atoms in total. The molecule has 66 valence electrons. The van der Waals surface area contributed by atoms with Crippen LogP contribution in [0.4, 0.5) is 0 Å². The molecule has 1 rings (SSSR count). The Morgan fingerprint density at radius 3 is 2.00 bits per heavy atom. The van der Waals surface area contributed by atoms with Crippen LogP contribution in [0.15, 0.2) is 0 Å². The van der Waals surface area contributed by atoms with Crippen LogP contribution in [-0.4, -0.2) is 24.3 Å². The first-order valence-corrected chi connectivity index (χ1v) is 7.30. The van der Waals surface area contributed by atoms with Crippen molar-refractivity contribution < 1.29 is 0 Å². The second-order valence-electron chi connectivity index (χ2n) is 4.47. The summed E-state index contributed by atoms with van der Waals surface area (Å²) in [6.45, 7) is 9.05. The molecule has 0 unspecified atom stereocenters. The molecule has 0 atom stereocenters. The molecule has 0 aromatic carbocycles. The van der Waals surface area contributed by atoms with Crippen molar-refractivity contribution in [2.24, 2.45) is 5.92 Å². The Hall–Kier alpha value is 0.300. The Morgan fingerprint density at radius 1 is 1.18 bits per heavy atom. The standard InChI is InChI=1S/C10H21P/c1-9(2)11(4)7-5-10(3)6-8-11/h10H,5-8H2,1-4H3. The minimum Gasteiger partial charge on any atom is -0.109 e. The molecule has 0 bridgehead atoms. The topological polar surface area (TPSA) is 0 Å². The van der Waals surface area contributed by atoms with Gasteiger partial charge in [0, 0.05) is 0 Å². The van der Waals surface area contributed by atoms with E-state index in [0.29, 0.717) is 0 Å². The average Bonchev–Trinajstić information content (AvgIpc) is 1.95. The maximum absolute atomic E-state index is 2.54. The van der Waals surface area contributed by atoms with Crippen LogP contribution in [-0.2, 0) is 0 Å². The number of hydrogen-bond donors (Lipinski definition) is 0. The van der Waals surface area contributed by atoms with Crippen molar-refractivity contribution in [1.82, 2.24) is 0 Å². The van der Waals surface area contributed by atoms with Crippen molar-refractivity contribution in [1.29, 1.82) is 0 Å². The van der Waals surface area contributed by atoms with Gasteiger partial charge < -0.3 is 0 Å². The summed E-state index contributed by atoms with van der Waals surface area (Å²) in [6.07, 6.45) is 6.01. The van der Waals surface area contributed by atoms with Crippen LogP contribution in [0, 0.1) is 5.92 Å². The monoisotopic (exact) mass is 172 g/mol. The third-order valence-electron chi connectivity index (χ3n) is 3.31. The fourth-order valence-electron chi connectivity index (χ4n) is 1.71. The first kappa shape index (κ1) is 9.39. The molecule has 1 heterocycles. The first-order chi connectivity index (χ1) is 5.04. The zero-order chi connectivity index (χ0) is 8.48. The quantitative estimate of drug-likeness (QED) is 0.492. The van der Waals surface area contributed by atoms with E-state index in [4.69, 9.17) is 0 Å². The highest BCUT2D eigenvalue weighted by atomic mass is 31.2. The highest BCUT2D eigenvalue weighted by Gasteiger charge is 2.20. The zero-order valence-electron chi connectivity index (χ0n) is 8.35.